The number of sulfonamides is 1. The fourth-order valence-electron chi connectivity index (χ4n) is 3.13. The second-order valence-electron chi connectivity index (χ2n) is 5.99. The molecule has 1 heterocycles. The highest BCUT2D eigenvalue weighted by molar-refractivity contribution is 7.89. The Balaban J connectivity index is 2.00. The van der Waals surface area contributed by atoms with Gasteiger partial charge in [0.1, 0.15) is 5.82 Å². The lowest BCUT2D eigenvalue weighted by molar-refractivity contribution is 0.329. The fraction of sp³-hybridized carbons (Fsp3) is 0.333. The van der Waals surface area contributed by atoms with Gasteiger partial charge < -0.3 is 0 Å². The predicted molar refractivity (Wildman–Crippen MR) is 93.0 cm³/mol. The molecule has 1 aliphatic rings. The Kier molecular flexibility index (Phi) is 5.23. The first-order chi connectivity index (χ1) is 11.5. The van der Waals surface area contributed by atoms with Gasteiger partial charge in [0.25, 0.3) is 0 Å². The molecule has 1 saturated heterocycles. The monoisotopic (exact) mass is 367 g/mol. The maximum atomic E-state index is 13.1. The van der Waals surface area contributed by atoms with Gasteiger partial charge in [0.15, 0.2) is 0 Å². The number of nitrogens with zero attached hydrogens (tertiary/aromatic N) is 1. The molecule has 1 atom stereocenters. The van der Waals surface area contributed by atoms with E-state index in [0.29, 0.717) is 11.6 Å². The van der Waals surface area contributed by atoms with Crippen molar-refractivity contribution in [3.63, 3.8) is 0 Å². The van der Waals surface area contributed by atoms with Crippen molar-refractivity contribution in [2.45, 2.75) is 36.6 Å². The molecule has 0 bridgehead atoms. The number of rotatable bonds is 3. The Bertz CT molecular complexity index is 791. The lowest BCUT2D eigenvalue weighted by atomic mass is 10.0. The molecule has 128 valence electrons. The third-order valence-corrected chi connectivity index (χ3v) is 6.55. The Morgan fingerprint density at radius 1 is 0.958 bits per heavy atom. The molecule has 0 aromatic heterocycles. The van der Waals surface area contributed by atoms with Crippen molar-refractivity contribution in [2.75, 3.05) is 6.54 Å². The lowest BCUT2D eigenvalue weighted by Crippen LogP contribution is -2.34. The Morgan fingerprint density at radius 2 is 1.62 bits per heavy atom. The van der Waals surface area contributed by atoms with Gasteiger partial charge in [-0.1, -0.05) is 36.6 Å². The molecule has 1 fully saturated rings. The molecule has 0 spiro atoms. The molecule has 0 unspecified atom stereocenters. The van der Waals surface area contributed by atoms with Crippen molar-refractivity contribution in [1.29, 1.82) is 0 Å². The maximum absolute atomic E-state index is 13.1. The minimum Gasteiger partial charge on any atom is -0.207 e. The van der Waals surface area contributed by atoms with E-state index in [2.05, 4.69) is 0 Å². The first-order valence-corrected chi connectivity index (χ1v) is 9.83. The normalized spacial score (nSPS) is 19.8. The van der Waals surface area contributed by atoms with E-state index in [1.165, 1.54) is 24.3 Å². The summed E-state index contributed by atoms with van der Waals surface area (Å²) in [5.74, 6) is -0.445. The van der Waals surface area contributed by atoms with Gasteiger partial charge in [-0.25, -0.2) is 12.8 Å². The van der Waals surface area contributed by atoms with Crippen molar-refractivity contribution in [1.82, 2.24) is 4.31 Å². The fourth-order valence-corrected chi connectivity index (χ4v) is 4.94. The molecule has 0 N–H and O–H groups in total. The molecule has 1 aliphatic heterocycles. The number of benzene rings is 2. The van der Waals surface area contributed by atoms with Crippen LogP contribution in [0.4, 0.5) is 4.39 Å². The molecule has 0 radical (unpaired) electrons. The van der Waals surface area contributed by atoms with Crippen LogP contribution in [0.5, 0.6) is 0 Å². The van der Waals surface area contributed by atoms with Crippen LogP contribution in [0.3, 0.4) is 0 Å². The summed E-state index contributed by atoms with van der Waals surface area (Å²) in [5, 5.41) is 0.625. The van der Waals surface area contributed by atoms with Crippen LogP contribution in [0.15, 0.2) is 53.4 Å². The van der Waals surface area contributed by atoms with E-state index in [9.17, 15) is 12.8 Å². The van der Waals surface area contributed by atoms with Gasteiger partial charge in [-0.2, -0.15) is 4.31 Å². The Hall–Kier alpha value is -1.43. The zero-order valence-corrected chi connectivity index (χ0v) is 14.7. The van der Waals surface area contributed by atoms with E-state index in [-0.39, 0.29) is 10.9 Å². The SMILES string of the molecule is O=S(=O)(c1ccc(F)cc1)N1CCCCC[C@@H]1c1ccc(Cl)cc1. The van der Waals surface area contributed by atoms with E-state index < -0.39 is 15.8 Å². The highest BCUT2D eigenvalue weighted by Crippen LogP contribution is 2.35. The number of halogens is 2. The van der Waals surface area contributed by atoms with Crippen LogP contribution in [0.25, 0.3) is 0 Å². The summed E-state index contributed by atoms with van der Waals surface area (Å²) in [5.41, 5.74) is 0.937. The predicted octanol–water partition coefficient (Wildman–Crippen LogP) is 4.79. The summed E-state index contributed by atoms with van der Waals surface area (Å²) in [4.78, 5) is 0.129. The molecule has 2 aromatic rings. The third kappa shape index (κ3) is 3.63. The van der Waals surface area contributed by atoms with Gasteiger partial charge in [0.2, 0.25) is 10.0 Å². The topological polar surface area (TPSA) is 37.4 Å². The minimum atomic E-state index is -3.68. The average Bonchev–Trinajstić information content (AvgIpc) is 2.82. The highest BCUT2D eigenvalue weighted by Gasteiger charge is 2.33. The first-order valence-electron chi connectivity index (χ1n) is 8.01. The molecule has 0 aliphatic carbocycles. The second kappa shape index (κ2) is 7.21. The van der Waals surface area contributed by atoms with E-state index >= 15 is 0 Å². The maximum Gasteiger partial charge on any atom is 0.243 e. The molecule has 3 nitrogen and oxygen atoms in total. The molecular weight excluding hydrogens is 349 g/mol. The Labute approximate surface area is 147 Å². The van der Waals surface area contributed by atoms with E-state index in [1.807, 2.05) is 12.1 Å². The zero-order chi connectivity index (χ0) is 17.2. The smallest absolute Gasteiger partial charge is 0.207 e. The molecule has 3 rings (SSSR count). The van der Waals surface area contributed by atoms with Crippen LogP contribution in [-0.2, 0) is 10.0 Å². The molecule has 6 heteroatoms. The quantitative estimate of drug-likeness (QED) is 0.782. The summed E-state index contributed by atoms with van der Waals surface area (Å²) in [6.07, 6.45) is 3.56. The van der Waals surface area contributed by atoms with Crippen LogP contribution >= 0.6 is 11.6 Å². The van der Waals surface area contributed by atoms with E-state index in [1.54, 1.807) is 16.4 Å². The first kappa shape index (κ1) is 17.4. The van der Waals surface area contributed by atoms with Crippen LogP contribution in [-0.4, -0.2) is 19.3 Å². The minimum absolute atomic E-state index is 0.129. The summed E-state index contributed by atoms with van der Waals surface area (Å²) in [6, 6.07) is 12.1. The number of hydrogen-bond donors (Lipinski definition) is 0. The molecular formula is C18H19ClFNO2S. The van der Waals surface area contributed by atoms with Crippen molar-refractivity contribution in [3.8, 4) is 0 Å². The van der Waals surface area contributed by atoms with Crippen LogP contribution in [0.1, 0.15) is 37.3 Å². The van der Waals surface area contributed by atoms with Crippen LogP contribution in [0.2, 0.25) is 5.02 Å². The van der Waals surface area contributed by atoms with Crippen molar-refractivity contribution < 1.29 is 12.8 Å². The third-order valence-electron chi connectivity index (χ3n) is 4.38. The molecule has 0 amide bonds. The highest BCUT2D eigenvalue weighted by atomic mass is 35.5. The summed E-state index contributed by atoms with van der Waals surface area (Å²) >= 11 is 5.95. The van der Waals surface area contributed by atoms with Crippen molar-refractivity contribution in [3.05, 3.63) is 64.9 Å². The summed E-state index contributed by atoms with van der Waals surface area (Å²) < 4.78 is 40.9. The van der Waals surface area contributed by atoms with E-state index in [4.69, 9.17) is 11.6 Å². The summed E-state index contributed by atoms with van der Waals surface area (Å²) in [6.45, 7) is 0.465. The van der Waals surface area contributed by atoms with Gasteiger partial charge >= 0.3 is 0 Å². The van der Waals surface area contributed by atoms with Crippen molar-refractivity contribution in [2.24, 2.45) is 0 Å². The zero-order valence-electron chi connectivity index (χ0n) is 13.2. The van der Waals surface area contributed by atoms with Gasteiger partial charge in [0.05, 0.1) is 10.9 Å². The van der Waals surface area contributed by atoms with Crippen molar-refractivity contribution >= 4 is 21.6 Å². The van der Waals surface area contributed by atoms with Crippen LogP contribution in [0, 0.1) is 5.82 Å². The van der Waals surface area contributed by atoms with Gasteiger partial charge in [-0.15, -0.1) is 0 Å². The lowest BCUT2D eigenvalue weighted by Gasteiger charge is -2.29. The largest absolute Gasteiger partial charge is 0.243 e. The summed E-state index contributed by atoms with van der Waals surface area (Å²) in [7, 11) is -3.68. The van der Waals surface area contributed by atoms with Gasteiger partial charge in [-0.05, 0) is 54.8 Å². The second-order valence-corrected chi connectivity index (χ2v) is 8.31. The van der Waals surface area contributed by atoms with Gasteiger partial charge in [0, 0.05) is 11.6 Å². The Morgan fingerprint density at radius 3 is 2.29 bits per heavy atom. The molecule has 24 heavy (non-hydrogen) atoms. The molecule has 2 aromatic carbocycles. The number of hydrogen-bond acceptors (Lipinski definition) is 2. The standard InChI is InChI=1S/C18H19ClFNO2S/c19-15-7-5-14(6-8-15)18-4-2-1-3-13-21(18)24(22,23)17-11-9-16(20)10-12-17/h5-12,18H,1-4,13H2/t18-/m1/s1. The average molecular weight is 368 g/mol. The van der Waals surface area contributed by atoms with E-state index in [0.717, 1.165) is 31.2 Å². The van der Waals surface area contributed by atoms with Crippen LogP contribution < -0.4 is 0 Å². The molecule has 0 saturated carbocycles. The van der Waals surface area contributed by atoms with Gasteiger partial charge in [-0.3, -0.25) is 0 Å².